The molecule has 1 aliphatic heterocycles. The number of hydrogen-bond donors (Lipinski definition) is 2. The van der Waals surface area contributed by atoms with Crippen molar-refractivity contribution in [3.63, 3.8) is 0 Å². The molecule has 0 aliphatic carbocycles. The highest BCUT2D eigenvalue weighted by atomic mass is 16.5. The largest absolute Gasteiger partial charge is 0.480 e. The van der Waals surface area contributed by atoms with E-state index in [2.05, 4.69) is 5.32 Å². The summed E-state index contributed by atoms with van der Waals surface area (Å²) in [7, 11) is 0. The van der Waals surface area contributed by atoms with Crippen LogP contribution >= 0.6 is 0 Å². The van der Waals surface area contributed by atoms with Crippen LogP contribution in [0.25, 0.3) is 0 Å². The predicted octanol–water partition coefficient (Wildman–Crippen LogP) is 1.82. The molecule has 2 atom stereocenters. The summed E-state index contributed by atoms with van der Waals surface area (Å²) in [6.45, 7) is 4.04. The fraction of sp³-hybridized carbons (Fsp3) is 0.300. The van der Waals surface area contributed by atoms with Crippen LogP contribution in [0.2, 0.25) is 0 Å². The van der Waals surface area contributed by atoms with E-state index in [1.165, 1.54) is 5.56 Å². The lowest BCUT2D eigenvalue weighted by molar-refractivity contribution is -0.131. The van der Waals surface area contributed by atoms with Crippen molar-refractivity contribution in [1.29, 1.82) is 0 Å². The Hall–Kier alpha value is -2.82. The summed E-state index contributed by atoms with van der Waals surface area (Å²) in [5, 5.41) is 2.73. The third-order valence-corrected chi connectivity index (χ3v) is 4.59. The fourth-order valence-electron chi connectivity index (χ4n) is 3.00. The lowest BCUT2D eigenvalue weighted by Crippen LogP contribution is -2.50. The smallest absolute Gasteiger partial charge is 0.262 e. The van der Waals surface area contributed by atoms with Gasteiger partial charge in [0.15, 0.2) is 6.10 Å². The van der Waals surface area contributed by atoms with Crippen molar-refractivity contribution in [2.75, 3.05) is 0 Å². The first-order valence-electron chi connectivity index (χ1n) is 8.34. The maximum Gasteiger partial charge on any atom is 0.262 e. The average molecular weight is 338 g/mol. The topological polar surface area (TPSA) is 81.4 Å². The maximum absolute atomic E-state index is 12.5. The molecule has 2 aromatic carbocycles. The van der Waals surface area contributed by atoms with Gasteiger partial charge in [-0.3, -0.25) is 9.59 Å². The third-order valence-electron chi connectivity index (χ3n) is 4.59. The number of ether oxygens (including phenoxy) is 1. The van der Waals surface area contributed by atoms with Crippen LogP contribution in [-0.4, -0.2) is 24.0 Å². The zero-order valence-electron chi connectivity index (χ0n) is 14.4. The van der Waals surface area contributed by atoms with Crippen LogP contribution in [0, 0.1) is 13.8 Å². The molecular weight excluding hydrogens is 316 g/mol. The Kier molecular flexibility index (Phi) is 4.74. The first kappa shape index (κ1) is 17.0. The van der Waals surface area contributed by atoms with E-state index in [1.54, 1.807) is 0 Å². The Balaban J connectivity index is 1.67. The SMILES string of the molecule is Cc1cc2c(cc1C)O[C@H](C(=O)N[C@@H](Cc1ccccc1)C(N)=O)C2. The molecular formula is C20H22N2O3. The third kappa shape index (κ3) is 3.82. The number of rotatable bonds is 5. The van der Waals surface area contributed by atoms with Crippen LogP contribution in [0.5, 0.6) is 5.75 Å². The lowest BCUT2D eigenvalue weighted by atomic mass is 10.0. The quantitative estimate of drug-likeness (QED) is 0.872. The summed E-state index contributed by atoms with van der Waals surface area (Å²) in [6, 6.07) is 12.7. The van der Waals surface area contributed by atoms with Crippen LogP contribution < -0.4 is 15.8 Å². The first-order chi connectivity index (χ1) is 11.9. The number of benzene rings is 2. The maximum atomic E-state index is 12.5. The van der Waals surface area contributed by atoms with E-state index < -0.39 is 18.1 Å². The number of hydrogen-bond acceptors (Lipinski definition) is 3. The highest BCUT2D eigenvalue weighted by molar-refractivity contribution is 5.89. The summed E-state index contributed by atoms with van der Waals surface area (Å²) in [5.74, 6) is -0.132. The van der Waals surface area contributed by atoms with Crippen molar-refractivity contribution in [3.05, 3.63) is 64.7 Å². The molecule has 0 bridgehead atoms. The highest BCUT2D eigenvalue weighted by Crippen LogP contribution is 2.31. The molecule has 5 heteroatoms. The van der Waals surface area contributed by atoms with E-state index in [4.69, 9.17) is 10.5 Å². The van der Waals surface area contributed by atoms with Crippen LogP contribution in [0.15, 0.2) is 42.5 Å². The second kappa shape index (κ2) is 6.97. The molecule has 0 aromatic heterocycles. The second-order valence-electron chi connectivity index (χ2n) is 6.51. The monoisotopic (exact) mass is 338 g/mol. The number of fused-ring (bicyclic) bond motifs is 1. The molecule has 0 saturated carbocycles. The second-order valence-corrected chi connectivity index (χ2v) is 6.51. The van der Waals surface area contributed by atoms with Crippen molar-refractivity contribution in [2.24, 2.45) is 5.73 Å². The van der Waals surface area contributed by atoms with Gasteiger partial charge in [-0.1, -0.05) is 36.4 Å². The van der Waals surface area contributed by atoms with E-state index >= 15 is 0 Å². The van der Waals surface area contributed by atoms with Gasteiger partial charge < -0.3 is 15.8 Å². The van der Waals surface area contributed by atoms with E-state index in [0.29, 0.717) is 12.8 Å². The van der Waals surface area contributed by atoms with Crippen molar-refractivity contribution in [2.45, 2.75) is 38.8 Å². The molecule has 0 fully saturated rings. The number of carbonyl (C=O) groups excluding carboxylic acids is 2. The standard InChI is InChI=1S/C20H22N2O3/c1-12-8-15-11-18(25-17(15)9-13(12)2)20(24)22-16(19(21)23)10-14-6-4-3-5-7-14/h3-9,16,18H,10-11H2,1-2H3,(H2,21,23)(H,22,24)/t16-,18-/m0/s1. The minimum atomic E-state index is -0.759. The minimum Gasteiger partial charge on any atom is -0.480 e. The Morgan fingerprint density at radius 2 is 1.88 bits per heavy atom. The normalized spacial score (nSPS) is 16.6. The van der Waals surface area contributed by atoms with Crippen LogP contribution in [-0.2, 0) is 22.4 Å². The molecule has 0 saturated heterocycles. The summed E-state index contributed by atoms with van der Waals surface area (Å²) in [5.41, 5.74) is 9.71. The number of aryl methyl sites for hydroxylation is 2. The molecule has 130 valence electrons. The van der Waals surface area contributed by atoms with Crippen LogP contribution in [0.4, 0.5) is 0 Å². The van der Waals surface area contributed by atoms with E-state index in [0.717, 1.165) is 22.4 Å². The lowest BCUT2D eigenvalue weighted by Gasteiger charge is -2.18. The number of nitrogens with two attached hydrogens (primary N) is 1. The minimum absolute atomic E-state index is 0.314. The van der Waals surface area contributed by atoms with Crippen molar-refractivity contribution in [1.82, 2.24) is 5.32 Å². The van der Waals surface area contributed by atoms with E-state index in [9.17, 15) is 9.59 Å². The molecule has 25 heavy (non-hydrogen) atoms. The molecule has 3 rings (SSSR count). The van der Waals surface area contributed by atoms with Gasteiger partial charge in [0.2, 0.25) is 5.91 Å². The number of carbonyl (C=O) groups is 2. The highest BCUT2D eigenvalue weighted by Gasteiger charge is 2.31. The van der Waals surface area contributed by atoms with Crippen LogP contribution in [0.3, 0.4) is 0 Å². The van der Waals surface area contributed by atoms with Gasteiger partial charge in [-0.15, -0.1) is 0 Å². The summed E-state index contributed by atoms with van der Waals surface area (Å²) >= 11 is 0. The molecule has 2 aromatic rings. The van der Waals surface area contributed by atoms with Gasteiger partial charge in [0.05, 0.1) is 0 Å². The Bertz CT molecular complexity index is 771. The van der Waals surface area contributed by atoms with E-state index in [-0.39, 0.29) is 5.91 Å². The van der Waals surface area contributed by atoms with Crippen molar-refractivity contribution in [3.8, 4) is 5.75 Å². The molecule has 1 heterocycles. The number of nitrogens with one attached hydrogen (secondary N) is 1. The van der Waals surface area contributed by atoms with Crippen LogP contribution in [0.1, 0.15) is 22.3 Å². The number of primary amides is 1. The van der Waals surface area contributed by atoms with Gasteiger partial charge in [0, 0.05) is 12.8 Å². The zero-order valence-corrected chi connectivity index (χ0v) is 14.4. The van der Waals surface area contributed by atoms with Crippen molar-refractivity contribution < 1.29 is 14.3 Å². The van der Waals surface area contributed by atoms with Gasteiger partial charge in [-0.25, -0.2) is 0 Å². The molecule has 1 aliphatic rings. The summed E-state index contributed by atoms with van der Waals surface area (Å²) < 4.78 is 5.77. The zero-order chi connectivity index (χ0) is 18.0. The Labute approximate surface area is 147 Å². The summed E-state index contributed by atoms with van der Waals surface area (Å²) in [4.78, 5) is 24.3. The Morgan fingerprint density at radius 1 is 1.20 bits per heavy atom. The summed E-state index contributed by atoms with van der Waals surface area (Å²) in [6.07, 6.45) is 0.229. The molecule has 5 nitrogen and oxygen atoms in total. The molecule has 3 N–H and O–H groups in total. The fourth-order valence-corrected chi connectivity index (χ4v) is 3.00. The van der Waals surface area contributed by atoms with Gasteiger partial charge in [0.1, 0.15) is 11.8 Å². The molecule has 0 unspecified atom stereocenters. The predicted molar refractivity (Wildman–Crippen MR) is 95.3 cm³/mol. The molecule has 2 amide bonds. The first-order valence-corrected chi connectivity index (χ1v) is 8.34. The van der Waals surface area contributed by atoms with Crippen molar-refractivity contribution >= 4 is 11.8 Å². The van der Waals surface area contributed by atoms with Gasteiger partial charge in [-0.05, 0) is 42.2 Å². The van der Waals surface area contributed by atoms with E-state index in [1.807, 2.05) is 56.3 Å². The molecule has 0 radical (unpaired) electrons. The van der Waals surface area contributed by atoms with Gasteiger partial charge >= 0.3 is 0 Å². The Morgan fingerprint density at radius 3 is 2.56 bits per heavy atom. The van der Waals surface area contributed by atoms with Gasteiger partial charge in [0.25, 0.3) is 5.91 Å². The molecule has 0 spiro atoms. The number of amides is 2. The average Bonchev–Trinajstić information content (AvgIpc) is 2.98. The van der Waals surface area contributed by atoms with Gasteiger partial charge in [-0.2, -0.15) is 0 Å².